The van der Waals surface area contributed by atoms with Gasteiger partial charge >= 0.3 is 0 Å². The van der Waals surface area contributed by atoms with E-state index in [1.807, 2.05) is 0 Å². The van der Waals surface area contributed by atoms with E-state index >= 15 is 0 Å². The minimum Gasteiger partial charge on any atom is -0.348 e. The molecule has 2 heteroatoms. The molecule has 0 aliphatic heterocycles. The Morgan fingerprint density at radius 2 is 2.17 bits per heavy atom. The van der Waals surface area contributed by atoms with Gasteiger partial charge in [0, 0.05) is 24.0 Å². The lowest BCUT2D eigenvalue weighted by atomic mass is 9.93. The van der Waals surface area contributed by atoms with E-state index in [1.54, 1.807) is 0 Å². The molecule has 2 unspecified atom stereocenters. The van der Waals surface area contributed by atoms with E-state index in [9.17, 15) is 0 Å². The summed E-state index contributed by atoms with van der Waals surface area (Å²) in [6.45, 7) is 4.57. The first-order valence-electron chi connectivity index (χ1n) is 7.73. The van der Waals surface area contributed by atoms with Gasteiger partial charge < -0.3 is 10.3 Å². The van der Waals surface area contributed by atoms with Crippen molar-refractivity contribution < 1.29 is 0 Å². The van der Waals surface area contributed by atoms with Crippen LogP contribution in [0.2, 0.25) is 0 Å². The molecule has 1 heterocycles. The molecule has 0 bridgehead atoms. The van der Waals surface area contributed by atoms with Crippen LogP contribution in [0.1, 0.15) is 82.1 Å². The normalized spacial score (nSPS) is 20.7. The van der Waals surface area contributed by atoms with Crippen molar-refractivity contribution in [2.45, 2.75) is 77.3 Å². The van der Waals surface area contributed by atoms with E-state index in [-0.39, 0.29) is 6.04 Å². The summed E-state index contributed by atoms with van der Waals surface area (Å²) in [4.78, 5) is 0. The zero-order valence-electron chi connectivity index (χ0n) is 12.0. The summed E-state index contributed by atoms with van der Waals surface area (Å²) in [5.41, 5.74) is 9.17. The largest absolute Gasteiger partial charge is 0.348 e. The van der Waals surface area contributed by atoms with Crippen molar-refractivity contribution in [3.63, 3.8) is 0 Å². The van der Waals surface area contributed by atoms with Crippen molar-refractivity contribution in [2.24, 2.45) is 5.73 Å². The molecule has 0 radical (unpaired) electrons. The second-order valence-electron chi connectivity index (χ2n) is 5.71. The van der Waals surface area contributed by atoms with Crippen molar-refractivity contribution in [1.29, 1.82) is 0 Å². The predicted molar refractivity (Wildman–Crippen MR) is 77.8 cm³/mol. The molecule has 0 saturated carbocycles. The Morgan fingerprint density at radius 3 is 2.89 bits per heavy atom. The van der Waals surface area contributed by atoms with Crippen LogP contribution in [0.25, 0.3) is 0 Å². The van der Waals surface area contributed by atoms with E-state index in [2.05, 4.69) is 30.7 Å². The van der Waals surface area contributed by atoms with Gasteiger partial charge in [0.05, 0.1) is 0 Å². The van der Waals surface area contributed by atoms with Crippen LogP contribution in [0.15, 0.2) is 12.3 Å². The van der Waals surface area contributed by atoms with Crippen molar-refractivity contribution in [3.05, 3.63) is 23.5 Å². The molecular formula is C16H28N2. The molecule has 0 saturated heterocycles. The Kier molecular flexibility index (Phi) is 4.87. The summed E-state index contributed by atoms with van der Waals surface area (Å²) in [6, 6.07) is 3.25. The first-order valence-corrected chi connectivity index (χ1v) is 7.73. The van der Waals surface area contributed by atoms with Crippen LogP contribution >= 0.6 is 0 Å². The summed E-state index contributed by atoms with van der Waals surface area (Å²) in [6.07, 6.45) is 12.5. The number of unbranched alkanes of at least 4 members (excludes halogenated alkanes) is 1. The molecule has 2 atom stereocenters. The maximum Gasteiger partial charge on any atom is 0.0333 e. The summed E-state index contributed by atoms with van der Waals surface area (Å²) < 4.78 is 2.55. The number of nitrogens with zero attached hydrogens (tertiary/aromatic N) is 1. The Bertz CT molecular complexity index is 367. The fourth-order valence-electron chi connectivity index (χ4n) is 3.29. The molecule has 0 amide bonds. The molecule has 2 nitrogen and oxygen atoms in total. The first-order chi connectivity index (χ1) is 8.77. The lowest BCUT2D eigenvalue weighted by Crippen LogP contribution is -2.20. The SMILES string of the molecule is CCCCC(CCC)n1ccc2c1CCCC2N. The number of hydrogen-bond donors (Lipinski definition) is 1. The Balaban J connectivity index is 2.19. The van der Waals surface area contributed by atoms with E-state index in [0.29, 0.717) is 6.04 Å². The monoisotopic (exact) mass is 248 g/mol. The zero-order chi connectivity index (χ0) is 13.0. The maximum absolute atomic E-state index is 6.22. The second kappa shape index (κ2) is 6.42. The van der Waals surface area contributed by atoms with Crippen molar-refractivity contribution in [2.75, 3.05) is 0 Å². The van der Waals surface area contributed by atoms with Gasteiger partial charge in [-0.15, -0.1) is 0 Å². The van der Waals surface area contributed by atoms with Crippen molar-refractivity contribution in [3.8, 4) is 0 Å². The van der Waals surface area contributed by atoms with Crippen LogP contribution in [0.5, 0.6) is 0 Å². The van der Waals surface area contributed by atoms with Gasteiger partial charge in [-0.1, -0.05) is 33.1 Å². The summed E-state index contributed by atoms with van der Waals surface area (Å²) in [5, 5.41) is 0. The molecule has 0 fully saturated rings. The Labute approximate surface area is 112 Å². The summed E-state index contributed by atoms with van der Waals surface area (Å²) >= 11 is 0. The van der Waals surface area contributed by atoms with Gasteiger partial charge in [0.2, 0.25) is 0 Å². The molecule has 2 rings (SSSR count). The second-order valence-corrected chi connectivity index (χ2v) is 5.71. The third kappa shape index (κ3) is 2.80. The highest BCUT2D eigenvalue weighted by Gasteiger charge is 2.22. The highest BCUT2D eigenvalue weighted by molar-refractivity contribution is 5.28. The fourth-order valence-corrected chi connectivity index (χ4v) is 3.29. The molecule has 18 heavy (non-hydrogen) atoms. The molecule has 1 aromatic rings. The quantitative estimate of drug-likeness (QED) is 0.797. The third-order valence-electron chi connectivity index (χ3n) is 4.29. The standard InChI is InChI=1S/C16H28N2/c1-3-5-8-13(7-4-2)18-12-11-14-15(17)9-6-10-16(14)18/h11-13,15H,3-10,17H2,1-2H3. The average molecular weight is 248 g/mol. The predicted octanol–water partition coefficient (Wildman–Crippen LogP) is 4.36. The number of hydrogen-bond acceptors (Lipinski definition) is 1. The van der Waals surface area contributed by atoms with Crippen LogP contribution < -0.4 is 5.73 Å². The molecule has 1 aromatic heterocycles. The van der Waals surface area contributed by atoms with E-state index < -0.39 is 0 Å². The van der Waals surface area contributed by atoms with Gasteiger partial charge in [-0.2, -0.15) is 0 Å². The van der Waals surface area contributed by atoms with Crippen LogP contribution in [0.3, 0.4) is 0 Å². The van der Waals surface area contributed by atoms with Crippen LogP contribution in [-0.2, 0) is 6.42 Å². The van der Waals surface area contributed by atoms with Crippen LogP contribution in [0.4, 0.5) is 0 Å². The maximum atomic E-state index is 6.22. The van der Waals surface area contributed by atoms with Crippen LogP contribution in [0, 0.1) is 0 Å². The van der Waals surface area contributed by atoms with E-state index in [1.165, 1.54) is 56.2 Å². The number of fused-ring (bicyclic) bond motifs is 1. The first kappa shape index (κ1) is 13.7. The van der Waals surface area contributed by atoms with E-state index in [4.69, 9.17) is 5.73 Å². The Morgan fingerprint density at radius 1 is 1.33 bits per heavy atom. The molecule has 1 aliphatic rings. The molecule has 1 aliphatic carbocycles. The van der Waals surface area contributed by atoms with Gasteiger partial charge in [-0.25, -0.2) is 0 Å². The molecule has 0 aromatic carbocycles. The summed E-state index contributed by atoms with van der Waals surface area (Å²) in [5.74, 6) is 0. The minimum absolute atomic E-state index is 0.281. The van der Waals surface area contributed by atoms with Crippen LogP contribution in [-0.4, -0.2) is 4.57 Å². The van der Waals surface area contributed by atoms with Gasteiger partial charge in [-0.05, 0) is 43.7 Å². The smallest absolute Gasteiger partial charge is 0.0333 e. The molecular weight excluding hydrogens is 220 g/mol. The van der Waals surface area contributed by atoms with Crippen molar-refractivity contribution in [1.82, 2.24) is 4.57 Å². The Hall–Kier alpha value is -0.760. The lowest BCUT2D eigenvalue weighted by Gasteiger charge is -2.26. The zero-order valence-corrected chi connectivity index (χ0v) is 12.0. The number of aromatic nitrogens is 1. The topological polar surface area (TPSA) is 30.9 Å². The molecule has 2 N–H and O–H groups in total. The third-order valence-corrected chi connectivity index (χ3v) is 4.29. The fraction of sp³-hybridized carbons (Fsp3) is 0.750. The summed E-state index contributed by atoms with van der Waals surface area (Å²) in [7, 11) is 0. The lowest BCUT2D eigenvalue weighted by molar-refractivity contribution is 0.399. The minimum atomic E-state index is 0.281. The number of rotatable bonds is 6. The van der Waals surface area contributed by atoms with Gasteiger partial charge in [-0.3, -0.25) is 0 Å². The van der Waals surface area contributed by atoms with E-state index in [0.717, 1.165) is 6.42 Å². The van der Waals surface area contributed by atoms with Crippen molar-refractivity contribution >= 4 is 0 Å². The molecule has 0 spiro atoms. The highest BCUT2D eigenvalue weighted by Crippen LogP contribution is 2.33. The van der Waals surface area contributed by atoms with Gasteiger partial charge in [0.25, 0.3) is 0 Å². The highest BCUT2D eigenvalue weighted by atomic mass is 15.0. The van der Waals surface area contributed by atoms with Gasteiger partial charge in [0.1, 0.15) is 0 Å². The molecule has 102 valence electrons. The van der Waals surface area contributed by atoms with Gasteiger partial charge in [0.15, 0.2) is 0 Å². The number of nitrogens with two attached hydrogens (primary N) is 1. The average Bonchev–Trinajstić information content (AvgIpc) is 2.80.